The number of benzene rings is 1. The quantitative estimate of drug-likeness (QED) is 0.808. The second kappa shape index (κ2) is 8.03. The number of piperazine rings is 1. The molecule has 0 bridgehead atoms. The number of nitrogens with one attached hydrogen (secondary N) is 2. The number of hydrogen-bond donors (Lipinski definition) is 2. The van der Waals surface area contributed by atoms with Gasteiger partial charge in [0.05, 0.1) is 13.1 Å². The van der Waals surface area contributed by atoms with E-state index in [4.69, 9.17) is 11.6 Å². The Morgan fingerprint density at radius 1 is 1.04 bits per heavy atom. The molecule has 2 aliphatic rings. The van der Waals surface area contributed by atoms with E-state index in [-0.39, 0.29) is 6.04 Å². The molecule has 2 N–H and O–H groups in total. The van der Waals surface area contributed by atoms with Crippen molar-refractivity contribution >= 4 is 11.6 Å². The summed E-state index contributed by atoms with van der Waals surface area (Å²) in [4.78, 5) is 3.17. The van der Waals surface area contributed by atoms with E-state index >= 15 is 0 Å². The van der Waals surface area contributed by atoms with Gasteiger partial charge in [0.25, 0.3) is 0 Å². The first-order chi connectivity index (χ1) is 12.7. The molecule has 1 aromatic carbocycles. The van der Waals surface area contributed by atoms with E-state index in [0.717, 1.165) is 23.9 Å². The number of aromatic nitrogens is 4. The molecule has 1 atom stereocenters. The molecule has 140 valence electrons. The summed E-state index contributed by atoms with van der Waals surface area (Å²) in [6.45, 7) is 4.64. The molecule has 0 amide bonds. The van der Waals surface area contributed by atoms with Crippen LogP contribution < -0.4 is 9.80 Å². The normalized spacial score (nSPS) is 25.9. The lowest BCUT2D eigenvalue weighted by Crippen LogP contribution is -3.27. The van der Waals surface area contributed by atoms with Gasteiger partial charge in [0, 0.05) is 10.6 Å². The van der Waals surface area contributed by atoms with Crippen LogP contribution in [-0.2, 0) is 0 Å². The predicted octanol–water partition coefficient (Wildman–Crippen LogP) is 0.334. The Balaban J connectivity index is 1.69. The van der Waals surface area contributed by atoms with E-state index < -0.39 is 0 Å². The van der Waals surface area contributed by atoms with Gasteiger partial charge >= 0.3 is 0 Å². The molecule has 1 saturated heterocycles. The zero-order chi connectivity index (χ0) is 17.9. The molecule has 2 aromatic rings. The van der Waals surface area contributed by atoms with Crippen molar-refractivity contribution in [1.82, 2.24) is 20.2 Å². The fraction of sp³-hybridized carbons (Fsp3) is 0.632. The highest BCUT2D eigenvalue weighted by Crippen LogP contribution is 2.30. The summed E-state index contributed by atoms with van der Waals surface area (Å²) in [6, 6.07) is 8.88. The van der Waals surface area contributed by atoms with Crippen molar-refractivity contribution in [2.24, 2.45) is 0 Å². The summed E-state index contributed by atoms with van der Waals surface area (Å²) >= 11 is 6.14. The molecule has 6 nitrogen and oxygen atoms in total. The molecule has 0 radical (unpaired) electrons. The van der Waals surface area contributed by atoms with Crippen molar-refractivity contribution in [2.75, 3.05) is 33.2 Å². The van der Waals surface area contributed by atoms with E-state index in [1.807, 2.05) is 12.1 Å². The fourth-order valence-corrected chi connectivity index (χ4v) is 4.61. The molecular weight excluding hydrogens is 348 g/mol. The Morgan fingerprint density at radius 2 is 1.73 bits per heavy atom. The van der Waals surface area contributed by atoms with Gasteiger partial charge in [-0.1, -0.05) is 43.0 Å². The van der Waals surface area contributed by atoms with E-state index in [2.05, 4.69) is 39.4 Å². The highest BCUT2D eigenvalue weighted by Gasteiger charge is 2.36. The zero-order valence-corrected chi connectivity index (χ0v) is 16.3. The Kier molecular flexibility index (Phi) is 5.52. The van der Waals surface area contributed by atoms with Gasteiger partial charge < -0.3 is 9.80 Å². The maximum absolute atomic E-state index is 6.14. The van der Waals surface area contributed by atoms with Crippen molar-refractivity contribution in [3.05, 3.63) is 40.7 Å². The number of hydrogen-bond acceptors (Lipinski definition) is 3. The molecule has 0 unspecified atom stereocenters. The fourth-order valence-electron chi connectivity index (χ4n) is 4.49. The van der Waals surface area contributed by atoms with Gasteiger partial charge in [0.15, 0.2) is 6.04 Å². The topological polar surface area (TPSA) is 52.5 Å². The van der Waals surface area contributed by atoms with Crippen LogP contribution in [0.5, 0.6) is 0 Å². The van der Waals surface area contributed by atoms with Gasteiger partial charge in [0.2, 0.25) is 5.82 Å². The van der Waals surface area contributed by atoms with E-state index in [1.54, 1.807) is 9.80 Å². The lowest BCUT2D eigenvalue weighted by molar-refractivity contribution is -1.02. The predicted molar refractivity (Wildman–Crippen MR) is 101 cm³/mol. The van der Waals surface area contributed by atoms with Crippen molar-refractivity contribution in [3.63, 3.8) is 0 Å². The van der Waals surface area contributed by atoms with Gasteiger partial charge in [-0.15, -0.1) is 5.10 Å². The molecule has 0 spiro atoms. The van der Waals surface area contributed by atoms with Crippen LogP contribution >= 0.6 is 11.6 Å². The van der Waals surface area contributed by atoms with Crippen LogP contribution in [0.3, 0.4) is 0 Å². The molecular formula is C19H29ClN6+2. The first-order valence-corrected chi connectivity index (χ1v) is 10.3. The van der Waals surface area contributed by atoms with Crippen LogP contribution in [0.15, 0.2) is 24.3 Å². The van der Waals surface area contributed by atoms with Crippen LogP contribution in [0.1, 0.15) is 55.6 Å². The highest BCUT2D eigenvalue weighted by molar-refractivity contribution is 6.30. The largest absolute Gasteiger partial charge is 0.328 e. The number of quaternary nitrogens is 2. The van der Waals surface area contributed by atoms with Gasteiger partial charge in [-0.3, -0.25) is 0 Å². The molecule has 2 fully saturated rings. The molecule has 1 aromatic heterocycles. The van der Waals surface area contributed by atoms with Crippen molar-refractivity contribution in [2.45, 2.75) is 44.2 Å². The molecule has 1 aliphatic carbocycles. The monoisotopic (exact) mass is 376 g/mol. The van der Waals surface area contributed by atoms with Crippen LogP contribution in [0, 0.1) is 0 Å². The molecule has 1 aliphatic heterocycles. The minimum absolute atomic E-state index is 0.178. The number of likely N-dealkylation sites (N-methyl/N-ethyl adjacent to an activating group) is 1. The van der Waals surface area contributed by atoms with Crippen LogP contribution in [0.4, 0.5) is 0 Å². The van der Waals surface area contributed by atoms with E-state index in [1.165, 1.54) is 50.8 Å². The summed E-state index contributed by atoms with van der Waals surface area (Å²) < 4.78 is 2.14. The van der Waals surface area contributed by atoms with Gasteiger partial charge in [-0.05, 0) is 35.4 Å². The zero-order valence-electron chi connectivity index (χ0n) is 15.5. The lowest BCUT2D eigenvalue weighted by atomic mass is 9.95. The third kappa shape index (κ3) is 3.77. The minimum atomic E-state index is 0.178. The number of halogens is 1. The average Bonchev–Trinajstić information content (AvgIpc) is 3.15. The lowest BCUT2D eigenvalue weighted by Gasteiger charge is -2.33. The summed E-state index contributed by atoms with van der Waals surface area (Å²) in [5, 5.41) is 13.8. The first-order valence-electron chi connectivity index (χ1n) is 9.91. The maximum Gasteiger partial charge on any atom is 0.214 e. The van der Waals surface area contributed by atoms with Crippen LogP contribution in [0.25, 0.3) is 0 Å². The molecule has 1 saturated carbocycles. The van der Waals surface area contributed by atoms with Gasteiger partial charge in [-0.2, -0.15) is 0 Å². The Hall–Kier alpha value is -1.50. The average molecular weight is 377 g/mol. The van der Waals surface area contributed by atoms with Crippen molar-refractivity contribution in [3.8, 4) is 0 Å². The van der Waals surface area contributed by atoms with Crippen LogP contribution in [-0.4, -0.2) is 53.4 Å². The molecule has 7 heteroatoms. The standard InChI is InChI=1S/C19H27ClN6/c1-24-11-13-25(14-12-24)18(15-7-9-16(20)10-8-15)19-21-22-23-26(19)17-5-3-2-4-6-17/h7-10,17-18H,2-6,11-14H2,1H3/p+2/t18-/m1/s1. The van der Waals surface area contributed by atoms with Gasteiger partial charge in [0.1, 0.15) is 26.2 Å². The second-order valence-corrected chi connectivity index (χ2v) is 8.31. The summed E-state index contributed by atoms with van der Waals surface area (Å²) in [7, 11) is 2.28. The van der Waals surface area contributed by atoms with Crippen molar-refractivity contribution in [1.29, 1.82) is 0 Å². The molecule has 2 heterocycles. The summed E-state index contributed by atoms with van der Waals surface area (Å²) in [5.74, 6) is 1.02. The Morgan fingerprint density at radius 3 is 2.42 bits per heavy atom. The Labute approximate surface area is 160 Å². The van der Waals surface area contributed by atoms with Crippen molar-refractivity contribution < 1.29 is 9.80 Å². The third-order valence-electron chi connectivity index (χ3n) is 6.05. The Bertz CT molecular complexity index is 701. The number of tetrazole rings is 1. The number of rotatable bonds is 4. The second-order valence-electron chi connectivity index (χ2n) is 7.87. The van der Waals surface area contributed by atoms with E-state index in [0.29, 0.717) is 6.04 Å². The first kappa shape index (κ1) is 17.9. The SMILES string of the molecule is C[NH+]1CC[NH+]([C@H](c2ccc(Cl)cc2)c2nnnn2C2CCCCC2)CC1. The third-order valence-corrected chi connectivity index (χ3v) is 6.31. The van der Waals surface area contributed by atoms with E-state index in [9.17, 15) is 0 Å². The van der Waals surface area contributed by atoms with Gasteiger partial charge in [-0.25, -0.2) is 4.68 Å². The molecule has 4 rings (SSSR count). The maximum atomic E-state index is 6.14. The summed E-state index contributed by atoms with van der Waals surface area (Å²) in [6.07, 6.45) is 6.27. The molecule has 26 heavy (non-hydrogen) atoms. The smallest absolute Gasteiger partial charge is 0.214 e. The minimum Gasteiger partial charge on any atom is -0.328 e. The van der Waals surface area contributed by atoms with Crippen LogP contribution in [0.2, 0.25) is 5.02 Å². The summed E-state index contributed by atoms with van der Waals surface area (Å²) in [5.41, 5.74) is 1.26. The highest BCUT2D eigenvalue weighted by atomic mass is 35.5. The number of nitrogens with zero attached hydrogens (tertiary/aromatic N) is 4.